The lowest BCUT2D eigenvalue weighted by atomic mass is 9.91. The molecule has 6 aromatic rings. The monoisotopic (exact) mass is 1100 g/mol. The Labute approximate surface area is 473 Å². The molecular formula is C61H77N13O7. The second kappa shape index (κ2) is 23.3. The number of aryl methyl sites for hydroxylation is 1. The number of rotatable bonds is 17. The SMILES string of the molecule is Cc1nccn1-c1ccc([C@H](C)NC(=O)[C@@H]2C[C@@H](O)CN2C(=O)[C@H](c2cc(N3CCC(CN4CCC(OC5CC(Oc6cc(N7C8CCC7CN(c7cc(-c9ccccc9O)nnc7N)C8)ccn6)C5)CC4)CC3)no2)C(C)C)cc1. The molecule has 6 fully saturated rings. The number of aromatic hydroxyl groups is 1. The second-order valence-electron chi connectivity index (χ2n) is 23.8. The summed E-state index contributed by atoms with van der Waals surface area (Å²) in [6, 6.07) is 22.6. The minimum atomic E-state index is -0.807. The highest BCUT2D eigenvalue weighted by molar-refractivity contribution is 5.91. The van der Waals surface area contributed by atoms with Crippen LogP contribution in [0.4, 0.5) is 23.0 Å². The average molecular weight is 1100 g/mol. The van der Waals surface area contributed by atoms with Gasteiger partial charge in [-0.05, 0) is 106 Å². The number of hydrogen-bond acceptors (Lipinski definition) is 17. The van der Waals surface area contributed by atoms with E-state index in [1.165, 1.54) is 4.90 Å². The van der Waals surface area contributed by atoms with E-state index in [0.717, 1.165) is 131 Å². The van der Waals surface area contributed by atoms with Gasteiger partial charge >= 0.3 is 0 Å². The van der Waals surface area contributed by atoms with Gasteiger partial charge in [0, 0.05) is 131 Å². The molecular weight excluding hydrogens is 1030 g/mol. The molecule has 1 aliphatic carbocycles. The fourth-order valence-corrected chi connectivity index (χ4v) is 13.5. The summed E-state index contributed by atoms with van der Waals surface area (Å²) in [6.45, 7) is 14.4. The lowest BCUT2D eigenvalue weighted by Crippen LogP contribution is -2.54. The molecule has 2 bridgehead atoms. The Morgan fingerprint density at radius 2 is 1.56 bits per heavy atom. The van der Waals surface area contributed by atoms with Crippen molar-refractivity contribution in [2.75, 3.05) is 72.8 Å². The molecule has 12 rings (SSSR count). The maximum atomic E-state index is 14.4. The predicted octanol–water partition coefficient (Wildman–Crippen LogP) is 7.05. The molecule has 5 N–H and O–H groups in total. The molecule has 2 aromatic carbocycles. The van der Waals surface area contributed by atoms with Gasteiger partial charge in [0.05, 0.1) is 35.7 Å². The first kappa shape index (κ1) is 54.3. The zero-order valence-corrected chi connectivity index (χ0v) is 47.0. The third-order valence-corrected chi connectivity index (χ3v) is 18.0. The predicted molar refractivity (Wildman–Crippen MR) is 307 cm³/mol. The van der Waals surface area contributed by atoms with Gasteiger partial charge in [0.2, 0.25) is 17.7 Å². The van der Waals surface area contributed by atoms with Gasteiger partial charge < -0.3 is 64.3 Å². The molecule has 2 unspecified atom stereocenters. The number of aliphatic hydroxyl groups excluding tert-OH is 1. The van der Waals surface area contributed by atoms with E-state index in [1.807, 2.05) is 93.2 Å². The number of aliphatic hydroxyl groups is 1. The number of phenols is 1. The van der Waals surface area contributed by atoms with Crippen molar-refractivity contribution in [3.05, 3.63) is 109 Å². The molecule has 6 aliphatic rings. The van der Waals surface area contributed by atoms with Gasteiger partial charge in [-0.1, -0.05) is 43.3 Å². The summed E-state index contributed by atoms with van der Waals surface area (Å²) < 4.78 is 21.0. The molecule has 428 valence electrons. The maximum absolute atomic E-state index is 14.4. The normalized spacial score (nSPS) is 24.4. The van der Waals surface area contributed by atoms with Gasteiger partial charge in [-0.3, -0.25) is 9.59 Å². The first-order valence-corrected chi connectivity index (χ1v) is 29.3. The number of phenolic OH excluding ortho intramolecular Hbond substituents is 1. The molecule has 4 aromatic heterocycles. The van der Waals surface area contributed by atoms with Crippen molar-refractivity contribution >= 4 is 34.8 Å². The third kappa shape index (κ3) is 11.6. The number of benzene rings is 2. The smallest absolute Gasteiger partial charge is 0.243 e. The van der Waals surface area contributed by atoms with Gasteiger partial charge in [-0.25, -0.2) is 9.97 Å². The lowest BCUT2D eigenvalue weighted by molar-refractivity contribution is -0.141. The molecule has 6 atom stereocenters. The highest BCUT2D eigenvalue weighted by Crippen LogP contribution is 2.41. The first-order valence-electron chi connectivity index (χ1n) is 29.3. The summed E-state index contributed by atoms with van der Waals surface area (Å²) in [6.07, 6.45) is 13.5. The van der Waals surface area contributed by atoms with Crippen molar-refractivity contribution in [3.8, 4) is 28.6 Å². The number of para-hydroxylation sites is 1. The number of piperidine rings is 2. The summed E-state index contributed by atoms with van der Waals surface area (Å²) in [5.74, 6) is 2.58. The quantitative estimate of drug-likeness (QED) is 0.0717. The van der Waals surface area contributed by atoms with Crippen molar-refractivity contribution < 1.29 is 33.8 Å². The van der Waals surface area contributed by atoms with E-state index in [-0.39, 0.29) is 60.8 Å². The van der Waals surface area contributed by atoms with Gasteiger partial charge in [0.15, 0.2) is 17.4 Å². The number of piperazine rings is 1. The number of nitrogens with one attached hydrogen (secondary N) is 1. The fraction of sp³-hybridized carbons (Fsp3) is 0.525. The Bertz CT molecular complexity index is 3130. The molecule has 2 amide bonds. The van der Waals surface area contributed by atoms with Crippen LogP contribution >= 0.6 is 0 Å². The van der Waals surface area contributed by atoms with Gasteiger partial charge in [0.25, 0.3) is 0 Å². The number of pyridine rings is 1. The Morgan fingerprint density at radius 1 is 0.802 bits per heavy atom. The number of ether oxygens (including phenoxy) is 2. The van der Waals surface area contributed by atoms with Crippen LogP contribution < -0.4 is 30.5 Å². The number of amides is 2. The summed E-state index contributed by atoms with van der Waals surface area (Å²) in [7, 11) is 0. The van der Waals surface area contributed by atoms with Crippen LogP contribution in [-0.4, -0.2) is 157 Å². The highest BCUT2D eigenvalue weighted by atomic mass is 16.5. The van der Waals surface area contributed by atoms with Crippen molar-refractivity contribution in [2.24, 2.45) is 11.8 Å². The largest absolute Gasteiger partial charge is 0.507 e. The second-order valence-corrected chi connectivity index (χ2v) is 23.8. The minimum Gasteiger partial charge on any atom is -0.507 e. The molecule has 0 radical (unpaired) electrons. The Kier molecular flexibility index (Phi) is 15.6. The van der Waals surface area contributed by atoms with Crippen LogP contribution in [-0.2, 0) is 14.3 Å². The van der Waals surface area contributed by atoms with Crippen molar-refractivity contribution in [2.45, 2.75) is 140 Å². The van der Waals surface area contributed by atoms with E-state index in [2.05, 4.69) is 62.4 Å². The van der Waals surface area contributed by atoms with Crippen LogP contribution in [0.25, 0.3) is 16.9 Å². The number of nitrogens with two attached hydrogens (primary N) is 1. The standard InChI is InChI=1S/C61H77N13O7/c1-37(2)58(61(78)73-36-46(75)28-53(73)60(77)65-38(3)41-9-11-42(12-10-41)72-26-21-63-39(72)4)55-32-56(68-81-55)70-24-16-40(17-25-70)33-69-22-18-47(19-23-69)79-48-29-49(30-48)80-57-27-43(15-20-64-57)74-44-13-14-45(74)35-71(34-44)52-31-51(66-67-59(52)62)50-7-5-6-8-54(50)76/h5-12,15,20-21,26-27,31-32,37-38,40,44-49,53,58,75-76H,13-14,16-19,22-25,28-30,33-36H2,1-4H3,(H2,62,67)(H,65,77)/t38-,44?,45?,46+,48?,49?,53-,58-/m0/s1. The number of nitrogens with zero attached hydrogens (tertiary/aromatic N) is 11. The summed E-state index contributed by atoms with van der Waals surface area (Å²) in [4.78, 5) is 48.4. The number of hydrogen-bond donors (Lipinski definition) is 4. The Morgan fingerprint density at radius 3 is 2.27 bits per heavy atom. The highest BCUT2D eigenvalue weighted by Gasteiger charge is 2.45. The van der Waals surface area contributed by atoms with E-state index in [1.54, 1.807) is 18.3 Å². The molecule has 20 heteroatoms. The van der Waals surface area contributed by atoms with Gasteiger partial charge in [0.1, 0.15) is 29.6 Å². The van der Waals surface area contributed by atoms with E-state index < -0.39 is 18.1 Å². The van der Waals surface area contributed by atoms with E-state index >= 15 is 0 Å². The van der Waals surface area contributed by atoms with Crippen LogP contribution in [0.5, 0.6) is 11.6 Å². The van der Waals surface area contributed by atoms with Crippen LogP contribution in [0.1, 0.15) is 108 Å². The lowest BCUT2D eigenvalue weighted by Gasteiger charge is -2.43. The maximum Gasteiger partial charge on any atom is 0.243 e. The molecule has 0 spiro atoms. The van der Waals surface area contributed by atoms with E-state index in [9.17, 15) is 19.8 Å². The van der Waals surface area contributed by atoms with Crippen molar-refractivity contribution in [1.29, 1.82) is 0 Å². The van der Waals surface area contributed by atoms with E-state index in [0.29, 0.717) is 46.7 Å². The number of nitrogen functional groups attached to an aromatic ring is 1. The third-order valence-electron chi connectivity index (χ3n) is 18.0. The minimum absolute atomic E-state index is 0.0805. The number of aromatic nitrogens is 6. The molecule has 9 heterocycles. The summed E-state index contributed by atoms with van der Waals surface area (Å²) in [5.41, 5.74) is 11.5. The van der Waals surface area contributed by atoms with Crippen LogP contribution in [0.3, 0.4) is 0 Å². The number of carbonyl (C=O) groups is 2. The number of likely N-dealkylation sites (tertiary alicyclic amines) is 2. The summed E-state index contributed by atoms with van der Waals surface area (Å²) in [5, 5.41) is 37.4. The number of anilines is 4. The number of β-amino-alcohol motifs (C(OH)–C–C–N with tert-alkyl or cyclic N) is 1. The van der Waals surface area contributed by atoms with Crippen molar-refractivity contribution in [1.82, 2.24) is 45.0 Å². The number of fused-ring (bicyclic) bond motifs is 2. The van der Waals surface area contributed by atoms with Crippen molar-refractivity contribution in [3.63, 3.8) is 0 Å². The molecule has 1 saturated carbocycles. The fourth-order valence-electron chi connectivity index (χ4n) is 13.5. The Balaban J connectivity index is 0.564. The van der Waals surface area contributed by atoms with E-state index in [4.69, 9.17) is 19.7 Å². The zero-order chi connectivity index (χ0) is 55.9. The molecule has 5 aliphatic heterocycles. The number of carbonyl (C=O) groups excluding carboxylic acids is 2. The molecule has 81 heavy (non-hydrogen) atoms. The van der Waals surface area contributed by atoms with Crippen LogP contribution in [0.2, 0.25) is 0 Å². The van der Waals surface area contributed by atoms with Crippen LogP contribution in [0, 0.1) is 18.8 Å². The Hall–Kier alpha value is -7.29. The molecule has 20 nitrogen and oxygen atoms in total. The zero-order valence-electron chi connectivity index (χ0n) is 47.0. The van der Waals surface area contributed by atoms with Gasteiger partial charge in [-0.2, -0.15) is 0 Å². The number of imidazole rings is 1. The topological polar surface area (TPSA) is 230 Å². The van der Waals surface area contributed by atoms with Gasteiger partial charge in [-0.15, -0.1) is 10.2 Å². The summed E-state index contributed by atoms with van der Waals surface area (Å²) >= 11 is 0. The van der Waals surface area contributed by atoms with Crippen LogP contribution in [0.15, 0.2) is 95.9 Å². The first-order chi connectivity index (χ1) is 39.3. The average Bonchev–Trinajstić information content (AvgIpc) is 4.28. The molecule has 5 saturated heterocycles.